The van der Waals surface area contributed by atoms with E-state index in [4.69, 9.17) is 9.79 Å². The molecule has 4 nitrogen and oxygen atoms in total. The second-order valence-electron chi connectivity index (χ2n) is 2.65. The summed E-state index contributed by atoms with van der Waals surface area (Å²) in [6, 6.07) is 8.90. The summed E-state index contributed by atoms with van der Waals surface area (Å²) in [5.74, 6) is 0. The normalized spacial score (nSPS) is 14.1. The van der Waals surface area contributed by atoms with Gasteiger partial charge >= 0.3 is 7.82 Å². The van der Waals surface area contributed by atoms with Crippen molar-refractivity contribution in [2.75, 3.05) is 0 Å². The van der Waals surface area contributed by atoms with Crippen LogP contribution in [0, 0.1) is 0 Å². The van der Waals surface area contributed by atoms with Gasteiger partial charge in [0.15, 0.2) is 0 Å². The summed E-state index contributed by atoms with van der Waals surface area (Å²) >= 11 is 0. The van der Waals surface area contributed by atoms with Crippen molar-refractivity contribution in [3.05, 3.63) is 35.9 Å². The number of hydrogen-bond acceptors (Lipinski definition) is 2. The lowest BCUT2D eigenvalue weighted by atomic mass is 10.1. The molecule has 0 aliphatic heterocycles. The molecule has 1 rings (SSSR count). The average Bonchev–Trinajstić information content (AvgIpc) is 2.03. The Morgan fingerprint density at radius 3 is 2.31 bits per heavy atom. The molecule has 0 spiro atoms. The Kier molecular flexibility index (Phi) is 3.22. The molecule has 0 heterocycles. The van der Waals surface area contributed by atoms with E-state index in [-0.39, 0.29) is 0 Å². The van der Waals surface area contributed by atoms with Crippen molar-refractivity contribution >= 4 is 7.82 Å². The third-order valence-corrected chi connectivity index (χ3v) is 2.16. The van der Waals surface area contributed by atoms with Crippen molar-refractivity contribution in [1.29, 1.82) is 0 Å². The minimum Gasteiger partial charge on any atom is -0.303 e. The van der Waals surface area contributed by atoms with Crippen LogP contribution in [0.2, 0.25) is 0 Å². The van der Waals surface area contributed by atoms with Crippen molar-refractivity contribution in [1.82, 2.24) is 0 Å². The van der Waals surface area contributed by atoms with E-state index < -0.39 is 13.9 Å². The van der Waals surface area contributed by atoms with Gasteiger partial charge in [-0.2, -0.15) is 0 Å². The Balaban J connectivity index is 2.70. The van der Waals surface area contributed by atoms with Gasteiger partial charge in [-0.15, -0.1) is 0 Å². The monoisotopic (exact) mass is 202 g/mol. The molecule has 0 radical (unpaired) electrons. The van der Waals surface area contributed by atoms with Crippen molar-refractivity contribution in [3.8, 4) is 0 Å². The predicted octanol–water partition coefficient (Wildman–Crippen LogP) is 1.86. The van der Waals surface area contributed by atoms with Crippen molar-refractivity contribution < 1.29 is 18.9 Å². The third-order valence-electron chi connectivity index (χ3n) is 1.56. The van der Waals surface area contributed by atoms with Crippen LogP contribution in [-0.2, 0) is 9.09 Å². The Hall–Kier alpha value is -0.670. The highest BCUT2D eigenvalue weighted by Crippen LogP contribution is 2.41. The van der Waals surface area contributed by atoms with E-state index in [9.17, 15) is 4.57 Å². The lowest BCUT2D eigenvalue weighted by Crippen LogP contribution is -1.97. The highest BCUT2D eigenvalue weighted by molar-refractivity contribution is 7.46. The van der Waals surface area contributed by atoms with Gasteiger partial charge in [0.25, 0.3) is 0 Å². The molecule has 0 aliphatic rings. The van der Waals surface area contributed by atoms with Gasteiger partial charge in [-0.25, -0.2) is 4.57 Å². The topological polar surface area (TPSA) is 66.8 Å². The molecule has 1 aromatic carbocycles. The predicted molar refractivity (Wildman–Crippen MR) is 48.0 cm³/mol. The van der Waals surface area contributed by atoms with Crippen LogP contribution in [0.1, 0.15) is 18.6 Å². The van der Waals surface area contributed by atoms with Crippen molar-refractivity contribution in [2.45, 2.75) is 13.0 Å². The van der Waals surface area contributed by atoms with Gasteiger partial charge in [0, 0.05) is 0 Å². The minimum atomic E-state index is -4.39. The summed E-state index contributed by atoms with van der Waals surface area (Å²) in [5, 5.41) is 0. The van der Waals surface area contributed by atoms with E-state index in [1.165, 1.54) is 0 Å². The van der Waals surface area contributed by atoms with E-state index >= 15 is 0 Å². The van der Waals surface area contributed by atoms with Gasteiger partial charge in [-0.05, 0) is 12.5 Å². The van der Waals surface area contributed by atoms with Gasteiger partial charge in [0.1, 0.15) is 0 Å². The van der Waals surface area contributed by atoms with Gasteiger partial charge in [0.2, 0.25) is 0 Å². The molecule has 0 amide bonds. The molecule has 0 saturated carbocycles. The number of phosphoric acid groups is 1. The third kappa shape index (κ3) is 3.70. The molecule has 1 atom stereocenters. The van der Waals surface area contributed by atoms with Crippen LogP contribution >= 0.6 is 7.82 Å². The summed E-state index contributed by atoms with van der Waals surface area (Å²) < 4.78 is 15.0. The van der Waals surface area contributed by atoms with E-state index in [2.05, 4.69) is 4.52 Å². The fourth-order valence-corrected chi connectivity index (χ4v) is 1.52. The quantitative estimate of drug-likeness (QED) is 0.734. The zero-order valence-corrected chi connectivity index (χ0v) is 8.02. The molecule has 0 saturated heterocycles. The number of benzene rings is 1. The summed E-state index contributed by atoms with van der Waals surface area (Å²) in [6.07, 6.45) is -0.595. The molecule has 72 valence electrons. The molecule has 0 aliphatic carbocycles. The first-order valence-electron chi connectivity index (χ1n) is 3.78. The Labute approximate surface area is 76.4 Å². The number of phosphoric ester groups is 1. The van der Waals surface area contributed by atoms with Gasteiger partial charge < -0.3 is 9.79 Å². The fourth-order valence-electron chi connectivity index (χ4n) is 0.991. The maximum Gasteiger partial charge on any atom is 0.470 e. The minimum absolute atomic E-state index is 0.595. The zero-order valence-electron chi connectivity index (χ0n) is 7.12. The standard InChI is InChI=1S/C8H11O4P/c1-7(12-13(9,10)11)8-5-3-2-4-6-8/h2-7H,1H3,(H2,9,10,11). The molecule has 5 heteroatoms. The Bertz CT molecular complexity index is 305. The summed E-state index contributed by atoms with van der Waals surface area (Å²) in [6.45, 7) is 1.59. The highest BCUT2D eigenvalue weighted by atomic mass is 31.2. The van der Waals surface area contributed by atoms with Crippen molar-refractivity contribution in [2.24, 2.45) is 0 Å². The second-order valence-corrected chi connectivity index (χ2v) is 3.84. The van der Waals surface area contributed by atoms with Crippen LogP contribution in [0.25, 0.3) is 0 Å². The van der Waals surface area contributed by atoms with Crippen LogP contribution in [0.5, 0.6) is 0 Å². The second kappa shape index (κ2) is 4.03. The first-order chi connectivity index (χ1) is 5.99. The van der Waals surface area contributed by atoms with E-state index in [1.54, 1.807) is 31.2 Å². The van der Waals surface area contributed by atoms with Crippen molar-refractivity contribution in [3.63, 3.8) is 0 Å². The summed E-state index contributed by atoms with van der Waals surface area (Å²) in [5.41, 5.74) is 0.742. The van der Waals surface area contributed by atoms with E-state index in [0.717, 1.165) is 5.56 Å². The maximum atomic E-state index is 10.5. The summed E-state index contributed by atoms with van der Waals surface area (Å²) in [7, 11) is -4.39. The fraction of sp³-hybridized carbons (Fsp3) is 0.250. The summed E-state index contributed by atoms with van der Waals surface area (Å²) in [4.78, 5) is 17.1. The lowest BCUT2D eigenvalue weighted by molar-refractivity contribution is 0.146. The van der Waals surface area contributed by atoms with Crippen LogP contribution in [0.4, 0.5) is 0 Å². The molecule has 1 aromatic rings. The van der Waals surface area contributed by atoms with Crippen LogP contribution in [0.3, 0.4) is 0 Å². The van der Waals surface area contributed by atoms with Crippen LogP contribution in [-0.4, -0.2) is 9.79 Å². The molecule has 1 unspecified atom stereocenters. The lowest BCUT2D eigenvalue weighted by Gasteiger charge is -2.13. The molecule has 0 fully saturated rings. The van der Waals surface area contributed by atoms with E-state index in [0.29, 0.717) is 0 Å². The molecule has 13 heavy (non-hydrogen) atoms. The maximum absolute atomic E-state index is 10.5. The van der Waals surface area contributed by atoms with Crippen LogP contribution < -0.4 is 0 Å². The average molecular weight is 202 g/mol. The van der Waals surface area contributed by atoms with Gasteiger partial charge in [-0.3, -0.25) is 4.52 Å². The molecular formula is C8H11O4P. The molecular weight excluding hydrogens is 191 g/mol. The van der Waals surface area contributed by atoms with Crippen LogP contribution in [0.15, 0.2) is 30.3 Å². The number of rotatable bonds is 3. The SMILES string of the molecule is CC(OP(=O)(O)O)c1ccccc1. The first-order valence-corrected chi connectivity index (χ1v) is 5.31. The molecule has 0 aromatic heterocycles. The smallest absolute Gasteiger partial charge is 0.303 e. The van der Waals surface area contributed by atoms with Gasteiger partial charge in [0.05, 0.1) is 6.10 Å². The number of hydrogen-bond donors (Lipinski definition) is 2. The first kappa shape index (κ1) is 10.4. The Morgan fingerprint density at radius 1 is 1.31 bits per heavy atom. The Morgan fingerprint density at radius 2 is 1.85 bits per heavy atom. The van der Waals surface area contributed by atoms with E-state index in [1.807, 2.05) is 6.07 Å². The van der Waals surface area contributed by atoms with Gasteiger partial charge in [-0.1, -0.05) is 30.3 Å². The zero-order chi connectivity index (χ0) is 9.90. The largest absolute Gasteiger partial charge is 0.470 e. The molecule has 2 N–H and O–H groups in total. The highest BCUT2D eigenvalue weighted by Gasteiger charge is 2.19. The molecule has 0 bridgehead atoms.